The number of fused-ring (bicyclic) bond motifs is 2. The van der Waals surface area contributed by atoms with Gasteiger partial charge in [-0.15, -0.1) is 0 Å². The van der Waals surface area contributed by atoms with Crippen LogP contribution in [0, 0.1) is 0 Å². The number of carboxylic acid groups (broad SMARTS) is 1. The zero-order valence-corrected chi connectivity index (χ0v) is 15.3. The SMILES string of the molecule is CC(OC1c2ccccc2COc2ccc(C(=O)O)cc21)c1cccnc1.O.[NaH]. The Morgan fingerprint density at radius 3 is 2.69 bits per heavy atom. The van der Waals surface area contributed by atoms with Crippen LogP contribution in [0.2, 0.25) is 0 Å². The molecule has 3 aromatic rings. The van der Waals surface area contributed by atoms with Crippen LogP contribution >= 0.6 is 0 Å². The molecule has 0 aliphatic carbocycles. The van der Waals surface area contributed by atoms with Crippen molar-refractivity contribution >= 4 is 35.5 Å². The summed E-state index contributed by atoms with van der Waals surface area (Å²) >= 11 is 0. The number of hydrogen-bond donors (Lipinski definition) is 1. The van der Waals surface area contributed by atoms with E-state index in [2.05, 4.69) is 4.98 Å². The third kappa shape index (κ3) is 4.86. The molecule has 1 aliphatic heterocycles. The summed E-state index contributed by atoms with van der Waals surface area (Å²) in [6.45, 7) is 2.38. The average molecular weight is 403 g/mol. The molecule has 0 spiro atoms. The van der Waals surface area contributed by atoms with E-state index in [-0.39, 0.29) is 46.7 Å². The zero-order valence-electron chi connectivity index (χ0n) is 15.3. The van der Waals surface area contributed by atoms with E-state index in [0.29, 0.717) is 12.4 Å². The van der Waals surface area contributed by atoms with E-state index < -0.39 is 12.1 Å². The third-order valence-corrected chi connectivity index (χ3v) is 4.75. The molecule has 2 aromatic carbocycles. The number of ether oxygens (including phenoxy) is 2. The standard InChI is InChI=1S/C22H19NO4.Na.H2O.H/c1-14(16-6-4-10-23-12-16)27-21-18-7-3-2-5-17(18)13-26-20-9-8-15(22(24)25)11-19(20)21;;;/h2-12,14,21H,13H2,1H3,(H,24,25);;1H2;. The molecule has 0 amide bonds. The minimum atomic E-state index is -0.977. The number of carboxylic acids is 1. The van der Waals surface area contributed by atoms with Gasteiger partial charge >= 0.3 is 35.5 Å². The van der Waals surface area contributed by atoms with Gasteiger partial charge in [0, 0.05) is 18.0 Å². The van der Waals surface area contributed by atoms with E-state index in [1.807, 2.05) is 43.3 Å². The van der Waals surface area contributed by atoms with Gasteiger partial charge in [0.25, 0.3) is 0 Å². The van der Waals surface area contributed by atoms with Gasteiger partial charge in [0.2, 0.25) is 0 Å². The van der Waals surface area contributed by atoms with Crippen LogP contribution in [-0.4, -0.2) is 51.1 Å². The third-order valence-electron chi connectivity index (χ3n) is 4.75. The van der Waals surface area contributed by atoms with Gasteiger partial charge in [0.15, 0.2) is 0 Å². The fraction of sp³-hybridized carbons (Fsp3) is 0.182. The first-order valence-corrected chi connectivity index (χ1v) is 8.76. The zero-order chi connectivity index (χ0) is 18.8. The molecule has 3 N–H and O–H groups in total. The molecule has 1 aliphatic rings. The van der Waals surface area contributed by atoms with E-state index in [1.165, 1.54) is 0 Å². The quantitative estimate of drug-likeness (QED) is 0.675. The summed E-state index contributed by atoms with van der Waals surface area (Å²) in [6.07, 6.45) is 2.84. The van der Waals surface area contributed by atoms with Gasteiger partial charge in [0.1, 0.15) is 18.5 Å². The van der Waals surface area contributed by atoms with Crippen molar-refractivity contribution in [2.75, 3.05) is 0 Å². The molecule has 29 heavy (non-hydrogen) atoms. The molecule has 4 rings (SSSR count). The molecule has 0 saturated heterocycles. The summed E-state index contributed by atoms with van der Waals surface area (Å²) in [7, 11) is 0. The Balaban J connectivity index is 0.00000150. The van der Waals surface area contributed by atoms with Crippen molar-refractivity contribution in [2.24, 2.45) is 0 Å². The Morgan fingerprint density at radius 1 is 1.17 bits per heavy atom. The fourth-order valence-electron chi connectivity index (χ4n) is 3.31. The second kappa shape index (κ2) is 10.0. The number of carbonyl (C=O) groups is 1. The maximum atomic E-state index is 11.5. The number of benzene rings is 2. The number of pyridine rings is 1. The van der Waals surface area contributed by atoms with Gasteiger partial charge < -0.3 is 20.1 Å². The van der Waals surface area contributed by atoms with Crippen molar-refractivity contribution in [1.29, 1.82) is 0 Å². The minimum absolute atomic E-state index is 0. The molecular formula is C22H22NNaO5. The van der Waals surface area contributed by atoms with Crippen LogP contribution in [-0.2, 0) is 11.3 Å². The van der Waals surface area contributed by atoms with E-state index >= 15 is 0 Å². The van der Waals surface area contributed by atoms with Gasteiger partial charge in [0.05, 0.1) is 11.7 Å². The number of aromatic carboxylic acids is 1. The molecule has 0 radical (unpaired) electrons. The normalized spacial score (nSPS) is 15.3. The van der Waals surface area contributed by atoms with Crippen LogP contribution in [0.15, 0.2) is 67.0 Å². The van der Waals surface area contributed by atoms with Crippen molar-refractivity contribution in [3.8, 4) is 5.75 Å². The summed E-state index contributed by atoms with van der Waals surface area (Å²) in [5, 5.41) is 9.41. The fourth-order valence-corrected chi connectivity index (χ4v) is 3.31. The summed E-state index contributed by atoms with van der Waals surface area (Å²) in [5.41, 5.74) is 3.88. The molecule has 2 heterocycles. The summed E-state index contributed by atoms with van der Waals surface area (Å²) in [5.74, 6) is -0.339. The molecule has 2 atom stereocenters. The van der Waals surface area contributed by atoms with Gasteiger partial charge in [-0.25, -0.2) is 4.79 Å². The second-order valence-electron chi connectivity index (χ2n) is 6.49. The first-order valence-electron chi connectivity index (χ1n) is 8.76. The predicted molar refractivity (Wildman–Crippen MR) is 111 cm³/mol. The molecule has 6 nitrogen and oxygen atoms in total. The van der Waals surface area contributed by atoms with E-state index in [1.54, 1.807) is 30.6 Å². The number of nitrogens with zero attached hydrogens (tertiary/aromatic N) is 1. The van der Waals surface area contributed by atoms with Crippen LogP contribution in [0.3, 0.4) is 0 Å². The molecule has 1 aromatic heterocycles. The summed E-state index contributed by atoms with van der Waals surface area (Å²) in [4.78, 5) is 15.6. The van der Waals surface area contributed by atoms with Crippen molar-refractivity contribution < 1.29 is 24.9 Å². The maximum absolute atomic E-state index is 11.5. The Kier molecular flexibility index (Phi) is 7.96. The predicted octanol–water partition coefficient (Wildman–Crippen LogP) is 3.07. The first-order chi connectivity index (χ1) is 13.1. The summed E-state index contributed by atoms with van der Waals surface area (Å²) < 4.78 is 12.4. The van der Waals surface area contributed by atoms with Crippen molar-refractivity contribution in [3.05, 3.63) is 94.8 Å². The Bertz CT molecular complexity index is 980. The average Bonchev–Trinajstić information content (AvgIpc) is 2.85. The molecule has 0 saturated carbocycles. The molecule has 7 heteroatoms. The van der Waals surface area contributed by atoms with Gasteiger partial charge in [-0.05, 0) is 47.9 Å². The van der Waals surface area contributed by atoms with Crippen LogP contribution in [0.5, 0.6) is 5.75 Å². The van der Waals surface area contributed by atoms with E-state index in [9.17, 15) is 9.90 Å². The Labute approximate surface area is 191 Å². The van der Waals surface area contributed by atoms with Gasteiger partial charge in [-0.2, -0.15) is 0 Å². The molecule has 0 bridgehead atoms. The number of aromatic nitrogens is 1. The van der Waals surface area contributed by atoms with E-state index in [0.717, 1.165) is 22.3 Å². The monoisotopic (exact) mass is 403 g/mol. The Hall–Kier alpha value is -2.22. The van der Waals surface area contributed by atoms with Gasteiger partial charge in [-0.3, -0.25) is 4.98 Å². The van der Waals surface area contributed by atoms with Crippen LogP contribution in [0.1, 0.15) is 51.7 Å². The molecule has 2 unspecified atom stereocenters. The number of rotatable bonds is 4. The topological polar surface area (TPSA) is 100 Å². The van der Waals surface area contributed by atoms with E-state index in [4.69, 9.17) is 9.47 Å². The summed E-state index contributed by atoms with van der Waals surface area (Å²) in [6, 6.07) is 16.7. The molecular weight excluding hydrogens is 381 g/mol. The molecule has 0 fully saturated rings. The first kappa shape index (κ1) is 23.1. The van der Waals surface area contributed by atoms with Crippen molar-refractivity contribution in [2.45, 2.75) is 25.7 Å². The van der Waals surface area contributed by atoms with Crippen molar-refractivity contribution in [1.82, 2.24) is 4.98 Å². The second-order valence-corrected chi connectivity index (χ2v) is 6.49. The molecule has 146 valence electrons. The number of hydrogen-bond acceptors (Lipinski definition) is 4. The van der Waals surface area contributed by atoms with Crippen LogP contribution < -0.4 is 4.74 Å². The van der Waals surface area contributed by atoms with Crippen LogP contribution in [0.25, 0.3) is 0 Å². The van der Waals surface area contributed by atoms with Crippen LogP contribution in [0.4, 0.5) is 0 Å². The van der Waals surface area contributed by atoms with Crippen molar-refractivity contribution in [3.63, 3.8) is 0 Å². The van der Waals surface area contributed by atoms with Gasteiger partial charge in [-0.1, -0.05) is 30.3 Å². The Morgan fingerprint density at radius 2 is 1.97 bits per heavy atom.